The maximum atomic E-state index is 5.23. The number of thiazole rings is 2. The standard InChI is InChI=1S/C20H10N6O2S2/c1-5-13(6-2-11(1)15-25-21-9-27-15)17-23-19-20(29-17)24-18(30-19)14-7-3-12(4-8-14)16-26-22-10-28-16/h1-10H. The number of benzene rings is 2. The molecule has 0 aliphatic rings. The van der Waals surface area contributed by atoms with Gasteiger partial charge in [0.15, 0.2) is 9.66 Å². The molecule has 0 aliphatic heterocycles. The van der Waals surface area contributed by atoms with E-state index in [0.717, 1.165) is 41.9 Å². The molecule has 8 nitrogen and oxygen atoms in total. The van der Waals surface area contributed by atoms with Crippen molar-refractivity contribution in [2.24, 2.45) is 0 Å². The van der Waals surface area contributed by atoms with Gasteiger partial charge in [0, 0.05) is 22.3 Å². The van der Waals surface area contributed by atoms with Gasteiger partial charge in [0.25, 0.3) is 0 Å². The number of hydrogen-bond acceptors (Lipinski definition) is 10. The summed E-state index contributed by atoms with van der Waals surface area (Å²) >= 11 is 3.15. The first-order valence-corrected chi connectivity index (χ1v) is 10.5. The highest BCUT2D eigenvalue weighted by Gasteiger charge is 2.14. The molecular formula is C20H10N6O2S2. The van der Waals surface area contributed by atoms with E-state index in [0.29, 0.717) is 11.8 Å². The minimum absolute atomic E-state index is 0.498. The highest BCUT2D eigenvalue weighted by atomic mass is 32.1. The predicted octanol–water partition coefficient (Wildman–Crippen LogP) is 5.19. The first-order valence-electron chi connectivity index (χ1n) is 8.85. The van der Waals surface area contributed by atoms with E-state index in [1.54, 1.807) is 22.7 Å². The molecule has 2 aromatic carbocycles. The quantitative estimate of drug-likeness (QED) is 0.376. The van der Waals surface area contributed by atoms with Crippen LogP contribution in [-0.2, 0) is 0 Å². The van der Waals surface area contributed by atoms with E-state index in [1.165, 1.54) is 12.8 Å². The summed E-state index contributed by atoms with van der Waals surface area (Å²) in [6.07, 6.45) is 2.64. The van der Waals surface area contributed by atoms with Crippen molar-refractivity contribution in [3.63, 3.8) is 0 Å². The number of hydrogen-bond donors (Lipinski definition) is 0. The highest BCUT2D eigenvalue weighted by Crippen LogP contribution is 2.37. The second-order valence-electron chi connectivity index (χ2n) is 6.29. The van der Waals surface area contributed by atoms with Gasteiger partial charge in [-0.2, -0.15) is 0 Å². The van der Waals surface area contributed by atoms with Crippen LogP contribution in [0.4, 0.5) is 0 Å². The molecule has 0 spiro atoms. The van der Waals surface area contributed by atoms with Crippen LogP contribution in [0.1, 0.15) is 0 Å². The van der Waals surface area contributed by atoms with Crippen LogP contribution < -0.4 is 0 Å². The molecule has 0 N–H and O–H groups in total. The molecule has 0 saturated carbocycles. The van der Waals surface area contributed by atoms with Crippen LogP contribution in [-0.4, -0.2) is 30.4 Å². The average Bonchev–Trinajstić information content (AvgIpc) is 3.58. The Balaban J connectivity index is 1.27. The van der Waals surface area contributed by atoms with E-state index in [2.05, 4.69) is 20.4 Å². The van der Waals surface area contributed by atoms with Gasteiger partial charge in [-0.05, 0) is 24.3 Å². The summed E-state index contributed by atoms with van der Waals surface area (Å²) in [5.41, 5.74) is 3.80. The highest BCUT2D eigenvalue weighted by molar-refractivity contribution is 7.29. The lowest BCUT2D eigenvalue weighted by Gasteiger charge is -1.99. The van der Waals surface area contributed by atoms with Gasteiger partial charge in [-0.15, -0.1) is 20.4 Å². The SMILES string of the molecule is c1nnc(-c2ccc(-c3nc4sc(-c5ccc(-c6nnco6)cc5)nc4s3)cc2)o1. The molecule has 0 aliphatic carbocycles. The third kappa shape index (κ3) is 2.98. The Hall–Kier alpha value is -3.76. The molecular weight excluding hydrogens is 420 g/mol. The first-order chi connectivity index (χ1) is 14.8. The van der Waals surface area contributed by atoms with Crippen molar-refractivity contribution in [2.75, 3.05) is 0 Å². The molecule has 0 radical (unpaired) electrons. The normalized spacial score (nSPS) is 11.3. The first kappa shape index (κ1) is 17.1. The molecule has 0 unspecified atom stereocenters. The second-order valence-corrected chi connectivity index (χ2v) is 8.25. The summed E-state index contributed by atoms with van der Waals surface area (Å²) in [7, 11) is 0. The molecule has 10 heteroatoms. The monoisotopic (exact) mass is 430 g/mol. The number of fused-ring (bicyclic) bond motifs is 1. The van der Waals surface area contributed by atoms with Crippen molar-refractivity contribution in [3.8, 4) is 44.1 Å². The lowest BCUT2D eigenvalue weighted by molar-refractivity contribution is 0.568. The fourth-order valence-corrected chi connectivity index (χ4v) is 5.05. The lowest BCUT2D eigenvalue weighted by atomic mass is 10.1. The summed E-state index contributed by atoms with van der Waals surface area (Å²) in [6, 6.07) is 15.8. The Bertz CT molecular complexity index is 1280. The second kappa shape index (κ2) is 6.94. The summed E-state index contributed by atoms with van der Waals surface area (Å²) in [4.78, 5) is 11.4. The number of rotatable bonds is 4. The predicted molar refractivity (Wildman–Crippen MR) is 113 cm³/mol. The van der Waals surface area contributed by atoms with Crippen LogP contribution in [0.15, 0.2) is 70.2 Å². The molecule has 4 aromatic heterocycles. The van der Waals surface area contributed by atoms with Gasteiger partial charge in [0.05, 0.1) is 0 Å². The number of nitrogens with zero attached hydrogens (tertiary/aromatic N) is 6. The van der Waals surface area contributed by atoms with E-state index in [9.17, 15) is 0 Å². The molecule has 0 fully saturated rings. The van der Waals surface area contributed by atoms with Gasteiger partial charge >= 0.3 is 0 Å². The van der Waals surface area contributed by atoms with Gasteiger partial charge < -0.3 is 8.83 Å². The van der Waals surface area contributed by atoms with E-state index >= 15 is 0 Å². The maximum absolute atomic E-state index is 5.23. The molecule has 4 heterocycles. The third-order valence-corrected chi connectivity index (χ3v) is 6.58. The van der Waals surface area contributed by atoms with Crippen LogP contribution in [0.2, 0.25) is 0 Å². The molecule has 0 saturated heterocycles. The van der Waals surface area contributed by atoms with E-state index < -0.39 is 0 Å². The van der Waals surface area contributed by atoms with E-state index in [-0.39, 0.29) is 0 Å². The van der Waals surface area contributed by atoms with Crippen LogP contribution in [0, 0.1) is 0 Å². The minimum atomic E-state index is 0.498. The molecule has 0 bridgehead atoms. The zero-order chi connectivity index (χ0) is 19.9. The van der Waals surface area contributed by atoms with Crippen LogP contribution in [0.5, 0.6) is 0 Å². The summed E-state index contributed by atoms with van der Waals surface area (Å²) in [5.74, 6) is 0.996. The van der Waals surface area contributed by atoms with Crippen molar-refractivity contribution >= 4 is 32.3 Å². The lowest BCUT2D eigenvalue weighted by Crippen LogP contribution is -1.80. The van der Waals surface area contributed by atoms with Gasteiger partial charge in [0.2, 0.25) is 24.6 Å². The van der Waals surface area contributed by atoms with E-state index in [4.69, 9.17) is 18.8 Å². The van der Waals surface area contributed by atoms with Crippen molar-refractivity contribution in [3.05, 3.63) is 61.3 Å². The van der Waals surface area contributed by atoms with Crippen molar-refractivity contribution < 1.29 is 8.83 Å². The summed E-state index contributed by atoms with van der Waals surface area (Å²) < 4.78 is 10.5. The maximum Gasteiger partial charge on any atom is 0.247 e. The Morgan fingerprint density at radius 3 is 1.30 bits per heavy atom. The van der Waals surface area contributed by atoms with Gasteiger partial charge in [-0.25, -0.2) is 9.97 Å². The van der Waals surface area contributed by atoms with E-state index in [1.807, 2.05) is 48.5 Å². The Labute approximate surface area is 176 Å². The largest absolute Gasteiger partial charge is 0.423 e. The van der Waals surface area contributed by atoms with Crippen molar-refractivity contribution in [1.82, 2.24) is 30.4 Å². The van der Waals surface area contributed by atoms with Crippen molar-refractivity contribution in [2.45, 2.75) is 0 Å². The van der Waals surface area contributed by atoms with Gasteiger partial charge in [-0.1, -0.05) is 46.9 Å². The Morgan fingerprint density at radius 1 is 0.533 bits per heavy atom. The van der Waals surface area contributed by atoms with Crippen LogP contribution in [0.3, 0.4) is 0 Å². The zero-order valence-electron chi connectivity index (χ0n) is 15.1. The van der Waals surface area contributed by atoms with Crippen molar-refractivity contribution in [1.29, 1.82) is 0 Å². The Kier molecular flexibility index (Phi) is 3.96. The molecule has 0 atom stereocenters. The smallest absolute Gasteiger partial charge is 0.247 e. The van der Waals surface area contributed by atoms with Crippen LogP contribution >= 0.6 is 22.7 Å². The van der Waals surface area contributed by atoms with Gasteiger partial charge in [-0.3, -0.25) is 0 Å². The average molecular weight is 430 g/mol. The van der Waals surface area contributed by atoms with Gasteiger partial charge in [0.1, 0.15) is 10.0 Å². The minimum Gasteiger partial charge on any atom is -0.423 e. The summed E-state index contributed by atoms with van der Waals surface area (Å²) in [5, 5.41) is 17.1. The molecule has 6 aromatic rings. The fourth-order valence-electron chi connectivity index (χ4n) is 3.00. The molecule has 30 heavy (non-hydrogen) atoms. The fraction of sp³-hybridized carbons (Fsp3) is 0. The topological polar surface area (TPSA) is 104 Å². The number of aromatic nitrogens is 6. The third-order valence-electron chi connectivity index (χ3n) is 4.45. The van der Waals surface area contributed by atoms with Crippen LogP contribution in [0.25, 0.3) is 53.7 Å². The molecule has 6 rings (SSSR count). The molecule has 0 amide bonds. The summed E-state index contributed by atoms with van der Waals surface area (Å²) in [6.45, 7) is 0. The molecule has 144 valence electrons. The Morgan fingerprint density at radius 2 is 0.933 bits per heavy atom. The zero-order valence-corrected chi connectivity index (χ0v) is 16.7.